The van der Waals surface area contributed by atoms with Crippen LogP contribution in [0.3, 0.4) is 0 Å². The highest BCUT2D eigenvalue weighted by atomic mass is 14.9. The lowest BCUT2D eigenvalue weighted by molar-refractivity contribution is 0.480. The zero-order valence-electron chi connectivity index (χ0n) is 13.0. The van der Waals surface area contributed by atoms with Gasteiger partial charge in [-0.05, 0) is 30.9 Å². The third-order valence-corrected chi connectivity index (χ3v) is 3.83. The Morgan fingerprint density at radius 1 is 0.895 bits per heavy atom. The molecule has 0 spiro atoms. The van der Waals surface area contributed by atoms with Crippen molar-refractivity contribution in [1.29, 1.82) is 0 Å². The van der Waals surface area contributed by atoms with Gasteiger partial charge in [-0.3, -0.25) is 0 Å². The highest BCUT2D eigenvalue weighted by molar-refractivity contribution is 5.22. The van der Waals surface area contributed by atoms with E-state index in [0.717, 1.165) is 13.0 Å². The van der Waals surface area contributed by atoms with Crippen molar-refractivity contribution < 1.29 is 0 Å². The quantitative estimate of drug-likeness (QED) is 0.579. The van der Waals surface area contributed by atoms with Crippen LogP contribution in [-0.2, 0) is 13.0 Å². The first-order chi connectivity index (χ1) is 9.26. The van der Waals surface area contributed by atoms with Gasteiger partial charge in [0.15, 0.2) is 0 Å². The summed E-state index contributed by atoms with van der Waals surface area (Å²) in [5.41, 5.74) is 2.82. The monoisotopic (exact) mass is 261 g/mol. The topological polar surface area (TPSA) is 12.0 Å². The summed E-state index contributed by atoms with van der Waals surface area (Å²) in [4.78, 5) is 0. The maximum Gasteiger partial charge on any atom is 0.0207 e. The molecular weight excluding hydrogens is 230 g/mol. The smallest absolute Gasteiger partial charge is 0.0207 e. The van der Waals surface area contributed by atoms with Crippen LogP contribution in [0.4, 0.5) is 0 Å². The average Bonchev–Trinajstić information content (AvgIpc) is 2.45. The van der Waals surface area contributed by atoms with E-state index in [1.165, 1.54) is 49.7 Å². The van der Waals surface area contributed by atoms with E-state index in [0.29, 0.717) is 6.04 Å². The fourth-order valence-corrected chi connectivity index (χ4v) is 2.34. The molecule has 0 amide bonds. The summed E-state index contributed by atoms with van der Waals surface area (Å²) in [7, 11) is 0. The number of rotatable bonds is 10. The van der Waals surface area contributed by atoms with Crippen molar-refractivity contribution in [2.75, 3.05) is 0 Å². The second-order valence-corrected chi connectivity index (χ2v) is 5.65. The molecule has 0 bridgehead atoms. The molecule has 1 aromatic carbocycles. The van der Waals surface area contributed by atoms with Crippen LogP contribution < -0.4 is 5.32 Å². The van der Waals surface area contributed by atoms with Gasteiger partial charge < -0.3 is 5.32 Å². The molecular formula is C18H31N. The lowest BCUT2D eigenvalue weighted by atomic mass is 10.1. The molecule has 0 heterocycles. The summed E-state index contributed by atoms with van der Waals surface area (Å²) in [5.74, 6) is 0. The number of benzene rings is 1. The number of hydrogen-bond donors (Lipinski definition) is 1. The molecule has 1 rings (SSSR count). The Bertz CT molecular complexity index is 315. The first kappa shape index (κ1) is 16.2. The Balaban J connectivity index is 2.13. The molecule has 0 saturated heterocycles. The lowest BCUT2D eigenvalue weighted by Crippen LogP contribution is -2.25. The molecule has 1 heteroatoms. The number of hydrogen-bond acceptors (Lipinski definition) is 1. The summed E-state index contributed by atoms with van der Waals surface area (Å²) in [5, 5.41) is 3.63. The van der Waals surface area contributed by atoms with Gasteiger partial charge in [0.1, 0.15) is 0 Å². The minimum absolute atomic E-state index is 0.632. The van der Waals surface area contributed by atoms with Crippen molar-refractivity contribution in [3.8, 4) is 0 Å². The largest absolute Gasteiger partial charge is 0.310 e. The molecule has 0 saturated carbocycles. The molecule has 108 valence electrons. The molecule has 0 aliphatic heterocycles. The van der Waals surface area contributed by atoms with Crippen molar-refractivity contribution in [2.45, 2.75) is 78.3 Å². The molecule has 1 N–H and O–H groups in total. The first-order valence-corrected chi connectivity index (χ1v) is 8.07. The van der Waals surface area contributed by atoms with Gasteiger partial charge in [-0.1, -0.05) is 70.2 Å². The minimum Gasteiger partial charge on any atom is -0.310 e. The highest BCUT2D eigenvalue weighted by Gasteiger charge is 2.01. The van der Waals surface area contributed by atoms with Crippen LogP contribution in [0, 0.1) is 0 Å². The molecule has 19 heavy (non-hydrogen) atoms. The zero-order chi connectivity index (χ0) is 13.9. The predicted molar refractivity (Wildman–Crippen MR) is 85.5 cm³/mol. The maximum atomic E-state index is 3.63. The number of nitrogens with one attached hydrogen (secondary N) is 1. The maximum absolute atomic E-state index is 3.63. The van der Waals surface area contributed by atoms with E-state index in [2.05, 4.69) is 50.4 Å². The van der Waals surface area contributed by atoms with Crippen molar-refractivity contribution in [2.24, 2.45) is 0 Å². The van der Waals surface area contributed by atoms with Gasteiger partial charge >= 0.3 is 0 Å². The minimum atomic E-state index is 0.632. The molecule has 0 fully saturated rings. The third-order valence-electron chi connectivity index (χ3n) is 3.83. The van der Waals surface area contributed by atoms with Crippen molar-refractivity contribution in [3.63, 3.8) is 0 Å². The van der Waals surface area contributed by atoms with Gasteiger partial charge in [-0.2, -0.15) is 0 Å². The van der Waals surface area contributed by atoms with E-state index >= 15 is 0 Å². The highest BCUT2D eigenvalue weighted by Crippen LogP contribution is 2.09. The second kappa shape index (κ2) is 10.0. The molecule has 0 aromatic heterocycles. The zero-order valence-corrected chi connectivity index (χ0v) is 13.0. The van der Waals surface area contributed by atoms with Crippen LogP contribution >= 0.6 is 0 Å². The van der Waals surface area contributed by atoms with Crippen LogP contribution in [0.5, 0.6) is 0 Å². The Labute approximate surface area is 119 Å². The molecule has 1 nitrogen and oxygen atoms in total. The van der Waals surface area contributed by atoms with Crippen LogP contribution in [0.25, 0.3) is 0 Å². The summed E-state index contributed by atoms with van der Waals surface area (Å²) >= 11 is 0. The molecule has 0 aliphatic carbocycles. The van der Waals surface area contributed by atoms with Gasteiger partial charge in [0.2, 0.25) is 0 Å². The van der Waals surface area contributed by atoms with Crippen molar-refractivity contribution in [3.05, 3.63) is 35.4 Å². The Kier molecular flexibility index (Phi) is 8.57. The van der Waals surface area contributed by atoms with Gasteiger partial charge in [0.25, 0.3) is 0 Å². The Morgan fingerprint density at radius 2 is 1.53 bits per heavy atom. The summed E-state index contributed by atoms with van der Waals surface area (Å²) in [6.45, 7) is 7.78. The second-order valence-electron chi connectivity index (χ2n) is 5.65. The fraction of sp³-hybridized carbons (Fsp3) is 0.667. The van der Waals surface area contributed by atoms with Gasteiger partial charge in [0.05, 0.1) is 0 Å². The Morgan fingerprint density at radius 3 is 2.16 bits per heavy atom. The predicted octanol–water partition coefficient (Wildman–Crippen LogP) is 5.09. The van der Waals surface area contributed by atoms with E-state index in [1.54, 1.807) is 0 Å². The third kappa shape index (κ3) is 7.37. The summed E-state index contributed by atoms with van der Waals surface area (Å²) < 4.78 is 0. The van der Waals surface area contributed by atoms with E-state index in [1.807, 2.05) is 0 Å². The van der Waals surface area contributed by atoms with E-state index in [-0.39, 0.29) is 0 Å². The van der Waals surface area contributed by atoms with E-state index < -0.39 is 0 Å². The molecule has 1 unspecified atom stereocenters. The molecule has 0 aliphatic rings. The average molecular weight is 261 g/mol. The van der Waals surface area contributed by atoms with Gasteiger partial charge in [-0.15, -0.1) is 0 Å². The van der Waals surface area contributed by atoms with Crippen molar-refractivity contribution in [1.82, 2.24) is 5.32 Å². The summed E-state index contributed by atoms with van der Waals surface area (Å²) in [6.07, 6.45) is 9.32. The van der Waals surface area contributed by atoms with E-state index in [9.17, 15) is 0 Å². The molecule has 1 atom stereocenters. The fourth-order valence-electron chi connectivity index (χ4n) is 2.34. The normalized spacial score (nSPS) is 12.6. The number of aryl methyl sites for hydroxylation is 1. The van der Waals surface area contributed by atoms with Crippen LogP contribution in [0.15, 0.2) is 24.3 Å². The van der Waals surface area contributed by atoms with Crippen molar-refractivity contribution >= 4 is 0 Å². The standard InChI is InChI=1S/C18H31N/c1-4-6-7-8-9-10-16(3)19-15-18-13-11-17(5-2)12-14-18/h11-14,16,19H,4-10,15H2,1-3H3. The molecule has 0 radical (unpaired) electrons. The summed E-state index contributed by atoms with van der Waals surface area (Å²) in [6, 6.07) is 9.62. The van der Waals surface area contributed by atoms with Crippen LogP contribution in [-0.4, -0.2) is 6.04 Å². The van der Waals surface area contributed by atoms with Gasteiger partial charge in [0, 0.05) is 12.6 Å². The Hall–Kier alpha value is -0.820. The van der Waals surface area contributed by atoms with Gasteiger partial charge in [-0.25, -0.2) is 0 Å². The first-order valence-electron chi connectivity index (χ1n) is 8.07. The number of unbranched alkanes of at least 4 members (excludes halogenated alkanes) is 4. The SMILES string of the molecule is CCCCCCCC(C)NCc1ccc(CC)cc1. The van der Waals surface area contributed by atoms with Crippen LogP contribution in [0.1, 0.15) is 70.4 Å². The van der Waals surface area contributed by atoms with E-state index in [4.69, 9.17) is 0 Å². The molecule has 1 aromatic rings. The lowest BCUT2D eigenvalue weighted by Gasteiger charge is -2.14. The van der Waals surface area contributed by atoms with Crippen LogP contribution in [0.2, 0.25) is 0 Å².